The van der Waals surface area contributed by atoms with E-state index in [4.69, 9.17) is 0 Å². The van der Waals surface area contributed by atoms with E-state index in [9.17, 15) is 10.2 Å². The van der Waals surface area contributed by atoms with Crippen molar-refractivity contribution in [2.45, 2.75) is 31.4 Å². The van der Waals surface area contributed by atoms with Crippen molar-refractivity contribution in [2.24, 2.45) is 0 Å². The minimum Gasteiger partial charge on any atom is -0.507 e. The highest BCUT2D eigenvalue weighted by Gasteiger charge is 2.33. The van der Waals surface area contributed by atoms with Gasteiger partial charge in [-0.15, -0.1) is 0 Å². The Hall–Kier alpha value is -0.580. The number of hydrogen-bond acceptors (Lipinski definition) is 3. The van der Waals surface area contributed by atoms with E-state index in [1.54, 1.807) is 6.07 Å². The summed E-state index contributed by atoms with van der Waals surface area (Å²) >= 11 is 3.28. The second-order valence-electron chi connectivity index (χ2n) is 4.47. The molecule has 0 heterocycles. The zero-order valence-corrected chi connectivity index (χ0v) is 10.6. The summed E-state index contributed by atoms with van der Waals surface area (Å²) in [5.41, 5.74) is 0.612. The summed E-state index contributed by atoms with van der Waals surface area (Å²) in [4.78, 5) is 0. The number of phenolic OH excluding ortho intramolecular Hbond substituents is 1. The Morgan fingerprint density at radius 3 is 2.69 bits per heavy atom. The maximum Gasteiger partial charge on any atom is 0.129 e. The molecule has 2 rings (SSSR count). The molecule has 0 aromatic heterocycles. The number of rotatable bonds is 4. The van der Waals surface area contributed by atoms with Crippen molar-refractivity contribution in [1.82, 2.24) is 5.32 Å². The smallest absolute Gasteiger partial charge is 0.129 e. The van der Waals surface area contributed by atoms with Crippen LogP contribution in [0.25, 0.3) is 0 Å². The Morgan fingerprint density at radius 1 is 1.38 bits per heavy atom. The van der Waals surface area contributed by atoms with Gasteiger partial charge in [-0.3, -0.25) is 0 Å². The summed E-state index contributed by atoms with van der Waals surface area (Å²) in [5, 5.41) is 22.5. The Morgan fingerprint density at radius 2 is 2.12 bits per heavy atom. The predicted molar refractivity (Wildman–Crippen MR) is 66.3 cm³/mol. The molecule has 1 aromatic rings. The van der Waals surface area contributed by atoms with Crippen LogP contribution in [-0.4, -0.2) is 22.4 Å². The van der Waals surface area contributed by atoms with E-state index in [1.165, 1.54) is 0 Å². The normalized spacial score (nSPS) is 18.1. The average molecular weight is 286 g/mol. The lowest BCUT2D eigenvalue weighted by molar-refractivity contribution is -0.0314. The second kappa shape index (κ2) is 4.73. The van der Waals surface area contributed by atoms with Crippen LogP contribution >= 0.6 is 15.9 Å². The van der Waals surface area contributed by atoms with Crippen LogP contribution in [-0.2, 0) is 6.54 Å². The van der Waals surface area contributed by atoms with Gasteiger partial charge in [0, 0.05) is 13.1 Å². The molecule has 3 nitrogen and oxygen atoms in total. The molecule has 0 saturated heterocycles. The van der Waals surface area contributed by atoms with Crippen LogP contribution in [0.1, 0.15) is 24.8 Å². The van der Waals surface area contributed by atoms with Crippen molar-refractivity contribution in [3.63, 3.8) is 0 Å². The maximum atomic E-state index is 9.87. The zero-order valence-electron chi connectivity index (χ0n) is 9.04. The number of phenols is 1. The van der Waals surface area contributed by atoms with Gasteiger partial charge in [0.2, 0.25) is 0 Å². The molecule has 1 saturated carbocycles. The lowest BCUT2D eigenvalue weighted by Gasteiger charge is -2.36. The van der Waals surface area contributed by atoms with Crippen LogP contribution in [0.4, 0.5) is 0 Å². The van der Waals surface area contributed by atoms with Gasteiger partial charge >= 0.3 is 0 Å². The highest BCUT2D eigenvalue weighted by atomic mass is 79.9. The van der Waals surface area contributed by atoms with Gasteiger partial charge in [0.1, 0.15) is 5.75 Å². The van der Waals surface area contributed by atoms with Gasteiger partial charge in [-0.05, 0) is 52.9 Å². The number of nitrogens with one attached hydrogen (secondary N) is 1. The average Bonchev–Trinajstić information content (AvgIpc) is 2.21. The fourth-order valence-electron chi connectivity index (χ4n) is 1.86. The lowest BCUT2D eigenvalue weighted by atomic mass is 9.80. The van der Waals surface area contributed by atoms with Gasteiger partial charge in [-0.1, -0.05) is 6.07 Å². The van der Waals surface area contributed by atoms with Gasteiger partial charge < -0.3 is 15.5 Å². The first-order valence-corrected chi connectivity index (χ1v) is 6.29. The molecule has 0 spiro atoms. The molecule has 0 unspecified atom stereocenters. The van der Waals surface area contributed by atoms with Crippen LogP contribution in [0, 0.1) is 0 Å². The molecular formula is C12H16BrNO2. The third-order valence-corrected chi connectivity index (χ3v) is 3.71. The molecule has 1 fully saturated rings. The molecular weight excluding hydrogens is 270 g/mol. The molecule has 0 amide bonds. The van der Waals surface area contributed by atoms with Gasteiger partial charge in [0.25, 0.3) is 0 Å². The summed E-state index contributed by atoms with van der Waals surface area (Å²) < 4.78 is 0.703. The summed E-state index contributed by atoms with van der Waals surface area (Å²) in [6, 6.07) is 5.42. The fourth-order valence-corrected chi connectivity index (χ4v) is 2.29. The molecule has 0 bridgehead atoms. The molecule has 1 aromatic carbocycles. The van der Waals surface area contributed by atoms with E-state index >= 15 is 0 Å². The largest absolute Gasteiger partial charge is 0.507 e. The first kappa shape index (κ1) is 11.9. The molecule has 3 N–H and O–H groups in total. The summed E-state index contributed by atoms with van der Waals surface area (Å²) in [5.74, 6) is 0.251. The van der Waals surface area contributed by atoms with Crippen LogP contribution in [0.5, 0.6) is 5.75 Å². The number of halogens is 1. The Labute approximate surface area is 104 Å². The minimum absolute atomic E-state index is 0.251. The lowest BCUT2D eigenvalue weighted by Crippen LogP contribution is -2.45. The van der Waals surface area contributed by atoms with Crippen LogP contribution in [0.3, 0.4) is 0 Å². The van der Waals surface area contributed by atoms with Crippen molar-refractivity contribution in [3.05, 3.63) is 28.2 Å². The van der Waals surface area contributed by atoms with E-state index in [0.717, 1.165) is 24.8 Å². The van der Waals surface area contributed by atoms with E-state index in [-0.39, 0.29) is 5.75 Å². The molecule has 0 radical (unpaired) electrons. The first-order valence-electron chi connectivity index (χ1n) is 5.50. The van der Waals surface area contributed by atoms with Crippen molar-refractivity contribution in [3.8, 4) is 5.75 Å². The van der Waals surface area contributed by atoms with Crippen molar-refractivity contribution in [1.29, 1.82) is 0 Å². The zero-order chi connectivity index (χ0) is 11.6. The third kappa shape index (κ3) is 2.75. The van der Waals surface area contributed by atoms with E-state index in [2.05, 4.69) is 21.2 Å². The van der Waals surface area contributed by atoms with Crippen LogP contribution in [0.2, 0.25) is 0 Å². The van der Waals surface area contributed by atoms with Gasteiger partial charge in [0.15, 0.2) is 0 Å². The fraction of sp³-hybridized carbons (Fsp3) is 0.500. The Kier molecular flexibility index (Phi) is 3.52. The highest BCUT2D eigenvalue weighted by Crippen LogP contribution is 2.30. The highest BCUT2D eigenvalue weighted by molar-refractivity contribution is 9.10. The standard InChI is InChI=1S/C12H16BrNO2/c13-10-6-9(2-3-11(10)15)7-14-8-12(16)4-1-5-12/h2-3,6,14-16H,1,4-5,7-8H2. The maximum absolute atomic E-state index is 9.87. The van der Waals surface area contributed by atoms with Gasteiger partial charge in [0.05, 0.1) is 10.1 Å². The molecule has 0 atom stereocenters. The summed E-state index contributed by atoms with van der Waals surface area (Å²) in [6.07, 6.45) is 2.93. The Bertz CT molecular complexity index is 377. The molecule has 88 valence electrons. The van der Waals surface area contributed by atoms with Gasteiger partial charge in [-0.2, -0.15) is 0 Å². The van der Waals surface area contributed by atoms with Crippen molar-refractivity contribution >= 4 is 15.9 Å². The Balaban J connectivity index is 1.83. The molecule has 1 aliphatic rings. The SMILES string of the molecule is Oc1ccc(CNCC2(O)CCC2)cc1Br. The summed E-state index contributed by atoms with van der Waals surface area (Å²) in [7, 11) is 0. The van der Waals surface area contributed by atoms with Crippen molar-refractivity contribution < 1.29 is 10.2 Å². The topological polar surface area (TPSA) is 52.5 Å². The number of benzene rings is 1. The predicted octanol–water partition coefficient (Wildman–Crippen LogP) is 2.16. The molecule has 1 aliphatic carbocycles. The quantitative estimate of drug-likeness (QED) is 0.795. The minimum atomic E-state index is -0.478. The second-order valence-corrected chi connectivity index (χ2v) is 5.32. The number of hydrogen-bond donors (Lipinski definition) is 3. The van der Waals surface area contributed by atoms with E-state index in [0.29, 0.717) is 17.6 Å². The number of aromatic hydroxyl groups is 1. The monoisotopic (exact) mass is 285 g/mol. The molecule has 0 aliphatic heterocycles. The van der Waals surface area contributed by atoms with E-state index < -0.39 is 5.60 Å². The molecule has 16 heavy (non-hydrogen) atoms. The van der Waals surface area contributed by atoms with Gasteiger partial charge in [-0.25, -0.2) is 0 Å². The summed E-state index contributed by atoms with van der Waals surface area (Å²) in [6.45, 7) is 1.35. The van der Waals surface area contributed by atoms with E-state index in [1.807, 2.05) is 12.1 Å². The van der Waals surface area contributed by atoms with Crippen LogP contribution in [0.15, 0.2) is 22.7 Å². The van der Waals surface area contributed by atoms with Crippen LogP contribution < -0.4 is 5.32 Å². The first-order chi connectivity index (χ1) is 7.59. The van der Waals surface area contributed by atoms with Crippen molar-refractivity contribution in [2.75, 3.05) is 6.54 Å². The molecule has 4 heteroatoms. The number of aliphatic hydroxyl groups is 1. The third-order valence-electron chi connectivity index (χ3n) is 3.08.